The van der Waals surface area contributed by atoms with E-state index < -0.39 is 0 Å². The molecule has 5 aromatic carbocycles. The van der Waals surface area contributed by atoms with Crippen LogP contribution >= 0.6 is 23.2 Å². The molecule has 6 rings (SSSR count). The number of halogens is 2. The number of imidazole rings is 1. The second kappa shape index (κ2) is 14.7. The van der Waals surface area contributed by atoms with Gasteiger partial charge in [0.1, 0.15) is 11.6 Å². The van der Waals surface area contributed by atoms with E-state index in [1.54, 1.807) is 13.2 Å². The van der Waals surface area contributed by atoms with Gasteiger partial charge in [-0.25, -0.2) is 4.98 Å². The molecule has 1 amide bonds. The number of hydrogen-bond acceptors (Lipinski definition) is 3. The summed E-state index contributed by atoms with van der Waals surface area (Å²) in [6.45, 7) is 2.65. The quantitative estimate of drug-likeness (QED) is 0.150. The predicted molar refractivity (Wildman–Crippen MR) is 195 cm³/mol. The molecule has 1 atom stereocenters. The second-order valence-electron chi connectivity index (χ2n) is 11.4. The number of amides is 1. The summed E-state index contributed by atoms with van der Waals surface area (Å²) in [5.41, 5.74) is 5.95. The van der Waals surface area contributed by atoms with E-state index in [4.69, 9.17) is 32.9 Å². The lowest BCUT2D eigenvalue weighted by molar-refractivity contribution is -0.121. The fourth-order valence-electron chi connectivity index (χ4n) is 5.74. The number of benzene rings is 5. The van der Waals surface area contributed by atoms with E-state index in [1.807, 2.05) is 67.7 Å². The number of ether oxygens (including phenoxy) is 1. The van der Waals surface area contributed by atoms with Crippen LogP contribution in [0, 0.1) is 0 Å². The number of rotatable bonds is 11. The van der Waals surface area contributed by atoms with Crippen LogP contribution < -0.4 is 10.1 Å². The summed E-state index contributed by atoms with van der Waals surface area (Å²) in [4.78, 5) is 17.9. The summed E-state index contributed by atoms with van der Waals surface area (Å²) in [6.07, 6.45) is 7.06. The van der Waals surface area contributed by atoms with Crippen LogP contribution in [0.3, 0.4) is 0 Å². The molecule has 1 N–H and O–H groups in total. The highest BCUT2D eigenvalue weighted by Gasteiger charge is 2.14. The number of methoxy groups -OCH3 is 1. The molecular formula is C40H35Cl2N3O2. The molecule has 1 aromatic heterocycles. The maximum atomic E-state index is 13.0. The third-order valence-electron chi connectivity index (χ3n) is 8.24. The number of aryl methyl sites for hydroxylation is 1. The molecular weight excluding hydrogens is 625 g/mol. The van der Waals surface area contributed by atoms with E-state index in [9.17, 15) is 4.79 Å². The van der Waals surface area contributed by atoms with Crippen LogP contribution in [0.2, 0.25) is 10.0 Å². The molecule has 0 aliphatic carbocycles. The second-order valence-corrected chi connectivity index (χ2v) is 12.3. The van der Waals surface area contributed by atoms with Gasteiger partial charge in [0.25, 0.3) is 0 Å². The van der Waals surface area contributed by atoms with Gasteiger partial charge in [-0.1, -0.05) is 108 Å². The molecule has 1 heterocycles. The van der Waals surface area contributed by atoms with Crippen molar-refractivity contribution >= 4 is 52.0 Å². The van der Waals surface area contributed by atoms with Crippen molar-refractivity contribution in [1.29, 1.82) is 0 Å². The molecule has 0 radical (unpaired) electrons. The number of nitrogens with zero attached hydrogens (tertiary/aromatic N) is 2. The van der Waals surface area contributed by atoms with Crippen LogP contribution in [0.15, 0.2) is 115 Å². The average molecular weight is 661 g/mol. The molecule has 0 bridgehead atoms. The Morgan fingerprint density at radius 1 is 0.894 bits per heavy atom. The Labute approximate surface area is 285 Å². The summed E-state index contributed by atoms with van der Waals surface area (Å²) in [5, 5.41) is 6.61. The minimum absolute atomic E-state index is 0.0144. The molecule has 0 spiro atoms. The molecule has 0 saturated heterocycles. The van der Waals surface area contributed by atoms with Crippen molar-refractivity contribution < 1.29 is 9.53 Å². The summed E-state index contributed by atoms with van der Waals surface area (Å²) < 4.78 is 7.35. The third kappa shape index (κ3) is 7.76. The predicted octanol–water partition coefficient (Wildman–Crippen LogP) is 10.5. The summed E-state index contributed by atoms with van der Waals surface area (Å²) in [5.74, 6) is 1.62. The molecule has 0 fully saturated rings. The lowest BCUT2D eigenvalue weighted by atomic mass is 9.99. The molecule has 0 aliphatic heterocycles. The molecule has 6 aromatic rings. The number of carbonyl (C=O) groups excluding carboxylic acids is 1. The van der Waals surface area contributed by atoms with Crippen LogP contribution in [0.1, 0.15) is 42.8 Å². The highest BCUT2D eigenvalue weighted by atomic mass is 35.5. The first-order chi connectivity index (χ1) is 22.9. The van der Waals surface area contributed by atoms with Crippen LogP contribution in [0.25, 0.3) is 45.3 Å². The van der Waals surface area contributed by atoms with Gasteiger partial charge in [-0.2, -0.15) is 0 Å². The van der Waals surface area contributed by atoms with E-state index in [2.05, 4.69) is 70.5 Å². The Kier molecular flexibility index (Phi) is 10.1. The Morgan fingerprint density at radius 3 is 2.36 bits per heavy atom. The van der Waals surface area contributed by atoms with E-state index in [0.29, 0.717) is 29.4 Å². The Bertz CT molecular complexity index is 2030. The zero-order chi connectivity index (χ0) is 32.8. The Hall–Kier alpha value is -4.84. The summed E-state index contributed by atoms with van der Waals surface area (Å²) in [6, 6.07) is 36.2. The van der Waals surface area contributed by atoms with E-state index >= 15 is 0 Å². The van der Waals surface area contributed by atoms with Gasteiger partial charge in [0.05, 0.1) is 23.9 Å². The van der Waals surface area contributed by atoms with E-state index in [0.717, 1.165) is 55.9 Å². The first-order valence-corrected chi connectivity index (χ1v) is 16.4. The zero-order valence-electron chi connectivity index (χ0n) is 26.3. The van der Waals surface area contributed by atoms with Gasteiger partial charge < -0.3 is 14.6 Å². The number of carbonyl (C=O) groups is 1. The first kappa shape index (κ1) is 32.1. The largest absolute Gasteiger partial charge is 0.497 e. The Balaban J connectivity index is 1.16. The molecule has 5 nitrogen and oxygen atoms in total. The average Bonchev–Trinajstić information content (AvgIpc) is 3.49. The van der Waals surface area contributed by atoms with Crippen molar-refractivity contribution in [3.8, 4) is 28.1 Å². The fourth-order valence-corrected chi connectivity index (χ4v) is 6.24. The van der Waals surface area contributed by atoms with Gasteiger partial charge in [0, 0.05) is 29.7 Å². The topological polar surface area (TPSA) is 56.2 Å². The molecule has 1 unspecified atom stereocenters. The SMILES string of the molecule is COc1ccc(-c2ccc(/C=C/c3nc(-c4ccc(Cl)cc4Cl)cn3CCCC(=O)NC(C)c3cccc4ccccc34)cc2)cc1. The molecule has 7 heteroatoms. The molecule has 0 saturated carbocycles. The van der Waals surface area contributed by atoms with Crippen molar-refractivity contribution in [1.82, 2.24) is 14.9 Å². The minimum atomic E-state index is -0.102. The van der Waals surface area contributed by atoms with E-state index in [1.165, 1.54) is 0 Å². The number of aromatic nitrogens is 2. The van der Waals surface area contributed by atoms with Crippen molar-refractivity contribution in [2.75, 3.05) is 7.11 Å². The monoisotopic (exact) mass is 659 g/mol. The third-order valence-corrected chi connectivity index (χ3v) is 8.79. The Morgan fingerprint density at radius 2 is 1.62 bits per heavy atom. The molecule has 47 heavy (non-hydrogen) atoms. The lowest BCUT2D eigenvalue weighted by Crippen LogP contribution is -2.26. The maximum Gasteiger partial charge on any atom is 0.220 e. The number of nitrogens with one attached hydrogen (secondary N) is 1. The smallest absolute Gasteiger partial charge is 0.220 e. The van der Waals surface area contributed by atoms with Crippen LogP contribution in [-0.2, 0) is 11.3 Å². The van der Waals surface area contributed by atoms with Gasteiger partial charge in [0.2, 0.25) is 5.91 Å². The van der Waals surface area contributed by atoms with Crippen molar-refractivity contribution in [2.24, 2.45) is 0 Å². The zero-order valence-corrected chi connectivity index (χ0v) is 27.8. The van der Waals surface area contributed by atoms with Gasteiger partial charge in [-0.3, -0.25) is 4.79 Å². The number of fused-ring (bicyclic) bond motifs is 1. The van der Waals surface area contributed by atoms with Gasteiger partial charge in [0.15, 0.2) is 0 Å². The fraction of sp³-hybridized carbons (Fsp3) is 0.150. The van der Waals surface area contributed by atoms with Crippen molar-refractivity contribution in [3.63, 3.8) is 0 Å². The van der Waals surface area contributed by atoms with Gasteiger partial charge >= 0.3 is 0 Å². The highest BCUT2D eigenvalue weighted by Crippen LogP contribution is 2.31. The van der Waals surface area contributed by atoms with E-state index in [-0.39, 0.29) is 11.9 Å². The summed E-state index contributed by atoms with van der Waals surface area (Å²) in [7, 11) is 1.67. The standard InChI is InChI=1S/C40H35Cl2N3O2/c1-27(34-10-5-8-31-7-3-4-9-35(31)34)43-40(46)11-6-24-45-26-38(36-22-19-32(41)25-37(36)42)44-39(45)23-14-28-12-15-29(16-13-28)30-17-20-33(47-2)21-18-30/h3-5,7-10,12-23,25-27H,6,11,24H2,1-2H3,(H,43,46)/b23-14+. The minimum Gasteiger partial charge on any atom is -0.497 e. The molecule has 236 valence electrons. The highest BCUT2D eigenvalue weighted by molar-refractivity contribution is 6.36. The van der Waals surface area contributed by atoms with Crippen LogP contribution in [0.4, 0.5) is 0 Å². The van der Waals surface area contributed by atoms with Crippen molar-refractivity contribution in [3.05, 3.63) is 142 Å². The lowest BCUT2D eigenvalue weighted by Gasteiger charge is -2.17. The van der Waals surface area contributed by atoms with Crippen LogP contribution in [-0.4, -0.2) is 22.6 Å². The number of hydrogen-bond donors (Lipinski definition) is 1. The molecule has 0 aliphatic rings. The van der Waals surface area contributed by atoms with Crippen LogP contribution in [0.5, 0.6) is 5.75 Å². The first-order valence-electron chi connectivity index (χ1n) is 15.6. The normalized spacial score (nSPS) is 12.0. The van der Waals surface area contributed by atoms with Gasteiger partial charge in [-0.15, -0.1) is 0 Å². The summed E-state index contributed by atoms with van der Waals surface area (Å²) >= 11 is 12.7. The van der Waals surface area contributed by atoms with Crippen molar-refractivity contribution in [2.45, 2.75) is 32.4 Å². The maximum absolute atomic E-state index is 13.0. The van der Waals surface area contributed by atoms with Gasteiger partial charge in [-0.05, 0) is 82.8 Å².